The number of carbonyl (C=O) groups excluding carboxylic acids is 1. The van der Waals surface area contributed by atoms with Crippen molar-refractivity contribution in [1.82, 2.24) is 0 Å². The molecule has 0 saturated carbocycles. The van der Waals surface area contributed by atoms with Gasteiger partial charge in [0.25, 0.3) is 0 Å². The molecular weight excluding hydrogens is 272 g/mol. The Balaban J connectivity index is 3.13. The molecule has 2 N–H and O–H groups in total. The predicted molar refractivity (Wildman–Crippen MR) is 67.2 cm³/mol. The van der Waals surface area contributed by atoms with Gasteiger partial charge in [-0.3, -0.25) is 0 Å². The Kier molecular flexibility index (Phi) is 5.04. The fraction of sp³-hybridized carbons (Fsp3) is 0.417. The van der Waals surface area contributed by atoms with Crippen molar-refractivity contribution in [3.8, 4) is 0 Å². The summed E-state index contributed by atoms with van der Waals surface area (Å²) in [5.41, 5.74) is -0.0365. The Morgan fingerprint density at radius 3 is 2.42 bits per heavy atom. The number of esters is 1. The SMILES string of the molecule is CCOC(=O)C(O)C(O)c1ccccc1S(C)(=O)=O. The number of carbonyl (C=O) groups is 1. The topological polar surface area (TPSA) is 101 Å². The summed E-state index contributed by atoms with van der Waals surface area (Å²) < 4.78 is 27.7. The van der Waals surface area contributed by atoms with Crippen molar-refractivity contribution in [1.29, 1.82) is 0 Å². The average Bonchev–Trinajstić information content (AvgIpc) is 2.36. The molecule has 2 unspecified atom stereocenters. The van der Waals surface area contributed by atoms with E-state index in [1.54, 1.807) is 6.92 Å². The molecule has 106 valence electrons. The van der Waals surface area contributed by atoms with Crippen LogP contribution in [0.2, 0.25) is 0 Å². The van der Waals surface area contributed by atoms with Gasteiger partial charge in [-0.25, -0.2) is 13.2 Å². The molecule has 2 atom stereocenters. The van der Waals surface area contributed by atoms with Gasteiger partial charge in [0.2, 0.25) is 0 Å². The Bertz CT molecular complexity index is 551. The van der Waals surface area contributed by atoms with Gasteiger partial charge in [-0.2, -0.15) is 0 Å². The van der Waals surface area contributed by atoms with E-state index in [1.165, 1.54) is 24.3 Å². The van der Waals surface area contributed by atoms with Gasteiger partial charge < -0.3 is 14.9 Å². The second kappa shape index (κ2) is 6.14. The Morgan fingerprint density at radius 2 is 1.89 bits per heavy atom. The Morgan fingerprint density at radius 1 is 1.32 bits per heavy atom. The van der Waals surface area contributed by atoms with Crippen LogP contribution in [0.4, 0.5) is 0 Å². The van der Waals surface area contributed by atoms with E-state index in [1.807, 2.05) is 0 Å². The van der Waals surface area contributed by atoms with Gasteiger partial charge in [0, 0.05) is 11.8 Å². The minimum Gasteiger partial charge on any atom is -0.464 e. The van der Waals surface area contributed by atoms with Crippen LogP contribution in [0.25, 0.3) is 0 Å². The molecule has 1 aromatic rings. The maximum absolute atomic E-state index is 11.6. The summed E-state index contributed by atoms with van der Waals surface area (Å²) in [5, 5.41) is 19.6. The van der Waals surface area contributed by atoms with Crippen molar-refractivity contribution in [2.45, 2.75) is 24.0 Å². The van der Waals surface area contributed by atoms with Crippen LogP contribution >= 0.6 is 0 Å². The lowest BCUT2D eigenvalue weighted by molar-refractivity contribution is -0.159. The highest BCUT2D eigenvalue weighted by molar-refractivity contribution is 7.90. The maximum Gasteiger partial charge on any atom is 0.338 e. The van der Waals surface area contributed by atoms with Crippen molar-refractivity contribution in [2.75, 3.05) is 12.9 Å². The number of hydrogen-bond donors (Lipinski definition) is 2. The third kappa shape index (κ3) is 3.76. The highest BCUT2D eigenvalue weighted by atomic mass is 32.2. The first-order chi connectivity index (χ1) is 8.79. The molecule has 0 saturated heterocycles. The molecule has 0 bridgehead atoms. The number of rotatable bonds is 5. The van der Waals surface area contributed by atoms with E-state index in [0.717, 1.165) is 6.26 Å². The molecule has 0 spiro atoms. The molecule has 19 heavy (non-hydrogen) atoms. The van der Waals surface area contributed by atoms with Crippen molar-refractivity contribution < 1.29 is 28.2 Å². The molecule has 0 aliphatic rings. The number of hydrogen-bond acceptors (Lipinski definition) is 6. The second-order valence-corrected chi connectivity index (χ2v) is 5.94. The zero-order chi connectivity index (χ0) is 14.6. The fourth-order valence-electron chi connectivity index (χ4n) is 1.59. The first-order valence-corrected chi connectivity index (χ1v) is 7.50. The van der Waals surface area contributed by atoms with E-state index in [0.29, 0.717) is 0 Å². The van der Waals surface area contributed by atoms with Crippen LogP contribution in [0.5, 0.6) is 0 Å². The van der Waals surface area contributed by atoms with Gasteiger partial charge >= 0.3 is 5.97 Å². The van der Waals surface area contributed by atoms with E-state index in [2.05, 4.69) is 4.74 Å². The van der Waals surface area contributed by atoms with Gasteiger partial charge in [-0.15, -0.1) is 0 Å². The van der Waals surface area contributed by atoms with Gasteiger partial charge in [-0.05, 0) is 13.0 Å². The number of aliphatic hydroxyl groups is 2. The monoisotopic (exact) mass is 288 g/mol. The lowest BCUT2D eigenvalue weighted by Gasteiger charge is -2.18. The first kappa shape index (κ1) is 15.6. The lowest BCUT2D eigenvalue weighted by atomic mass is 10.0. The van der Waals surface area contributed by atoms with Crippen LogP contribution in [-0.2, 0) is 19.4 Å². The normalized spacial score (nSPS) is 14.7. The lowest BCUT2D eigenvalue weighted by Crippen LogP contribution is -2.30. The number of sulfone groups is 1. The fourth-order valence-corrected chi connectivity index (χ4v) is 2.53. The molecule has 0 amide bonds. The quantitative estimate of drug-likeness (QED) is 0.742. The van der Waals surface area contributed by atoms with Crippen LogP contribution in [0, 0.1) is 0 Å². The van der Waals surface area contributed by atoms with Gasteiger partial charge in [0.1, 0.15) is 6.10 Å². The van der Waals surface area contributed by atoms with E-state index in [9.17, 15) is 23.4 Å². The van der Waals surface area contributed by atoms with Crippen molar-refractivity contribution in [3.63, 3.8) is 0 Å². The minimum absolute atomic E-state index is 0.0365. The third-order valence-electron chi connectivity index (χ3n) is 2.46. The summed E-state index contributed by atoms with van der Waals surface area (Å²) in [6, 6.07) is 5.63. The number of aliphatic hydroxyl groups excluding tert-OH is 2. The zero-order valence-electron chi connectivity index (χ0n) is 10.6. The summed E-state index contributed by atoms with van der Waals surface area (Å²) >= 11 is 0. The van der Waals surface area contributed by atoms with Gasteiger partial charge in [-0.1, -0.05) is 18.2 Å². The van der Waals surface area contributed by atoms with Crippen LogP contribution in [-0.4, -0.2) is 43.6 Å². The van der Waals surface area contributed by atoms with E-state index >= 15 is 0 Å². The van der Waals surface area contributed by atoms with Crippen molar-refractivity contribution in [3.05, 3.63) is 29.8 Å². The molecule has 0 aliphatic carbocycles. The van der Waals surface area contributed by atoms with Crippen molar-refractivity contribution in [2.24, 2.45) is 0 Å². The zero-order valence-corrected chi connectivity index (χ0v) is 11.4. The molecule has 0 aliphatic heterocycles. The summed E-state index contributed by atoms with van der Waals surface area (Å²) in [7, 11) is -3.57. The van der Waals surface area contributed by atoms with Crippen LogP contribution in [0.15, 0.2) is 29.2 Å². The maximum atomic E-state index is 11.6. The summed E-state index contributed by atoms with van der Waals surface area (Å²) in [6.45, 7) is 1.61. The first-order valence-electron chi connectivity index (χ1n) is 5.60. The predicted octanol–water partition coefficient (Wildman–Crippen LogP) is 0.0475. The van der Waals surface area contributed by atoms with Gasteiger partial charge in [0.05, 0.1) is 11.5 Å². The Labute approximate surface area is 111 Å². The molecular formula is C12H16O6S. The Hall–Kier alpha value is -1.44. The standard InChI is InChI=1S/C12H16O6S/c1-3-18-12(15)11(14)10(13)8-6-4-5-7-9(8)19(2,16)17/h4-7,10-11,13-14H,3H2,1-2H3. The molecule has 0 aromatic heterocycles. The van der Waals surface area contributed by atoms with Crippen molar-refractivity contribution >= 4 is 15.8 Å². The minimum atomic E-state index is -3.57. The second-order valence-electron chi connectivity index (χ2n) is 3.95. The van der Waals surface area contributed by atoms with Crippen LogP contribution in [0.3, 0.4) is 0 Å². The molecule has 7 heteroatoms. The molecule has 1 rings (SSSR count). The molecule has 0 fully saturated rings. The molecule has 0 heterocycles. The third-order valence-corrected chi connectivity index (χ3v) is 3.64. The van der Waals surface area contributed by atoms with Gasteiger partial charge in [0.15, 0.2) is 15.9 Å². The number of benzene rings is 1. The highest BCUT2D eigenvalue weighted by Gasteiger charge is 2.30. The largest absolute Gasteiger partial charge is 0.464 e. The average molecular weight is 288 g/mol. The summed E-state index contributed by atoms with van der Waals surface area (Å²) in [5.74, 6) is -1.00. The molecule has 0 radical (unpaired) electrons. The smallest absolute Gasteiger partial charge is 0.338 e. The highest BCUT2D eigenvalue weighted by Crippen LogP contribution is 2.25. The molecule has 6 nitrogen and oxygen atoms in total. The summed E-state index contributed by atoms with van der Waals surface area (Å²) in [4.78, 5) is 11.2. The van der Waals surface area contributed by atoms with E-state index in [4.69, 9.17) is 0 Å². The molecule has 1 aromatic carbocycles. The van der Waals surface area contributed by atoms with E-state index in [-0.39, 0.29) is 17.1 Å². The van der Waals surface area contributed by atoms with E-state index < -0.39 is 28.0 Å². The number of ether oxygens (including phenoxy) is 1. The van der Waals surface area contributed by atoms with Crippen LogP contribution < -0.4 is 0 Å². The van der Waals surface area contributed by atoms with Crippen LogP contribution in [0.1, 0.15) is 18.6 Å². The summed E-state index contributed by atoms with van der Waals surface area (Å²) in [6.07, 6.45) is -2.51.